The zero-order chi connectivity index (χ0) is 35.3. The number of hydrogen-bond donors (Lipinski definition) is 1. The summed E-state index contributed by atoms with van der Waals surface area (Å²) in [6.07, 6.45) is 2.03. The van der Waals surface area contributed by atoms with Crippen LogP contribution in [0.1, 0.15) is 72.3 Å². The average molecular weight is 679 g/mol. The van der Waals surface area contributed by atoms with E-state index < -0.39 is 32.0 Å². The molecule has 0 saturated carbocycles. The van der Waals surface area contributed by atoms with Crippen molar-refractivity contribution in [3.63, 3.8) is 0 Å². The summed E-state index contributed by atoms with van der Waals surface area (Å²) in [5, 5.41) is 11.3. The first-order valence-corrected chi connectivity index (χ1v) is 19.8. The number of fused-ring (bicyclic) bond motifs is 3. The summed E-state index contributed by atoms with van der Waals surface area (Å²) < 4.78 is 18.0. The van der Waals surface area contributed by atoms with E-state index >= 15 is 0 Å². The molecule has 0 radical (unpaired) electrons. The number of rotatable bonds is 14. The molecule has 2 unspecified atom stereocenters. The number of carboxylic acid groups (broad SMARTS) is 1. The lowest BCUT2D eigenvalue weighted by Crippen LogP contribution is -2.42. The minimum Gasteiger partial charge on any atom is -0.481 e. The predicted octanol–water partition coefficient (Wildman–Crippen LogP) is 9.51. The third-order valence-electron chi connectivity index (χ3n) is 9.92. The van der Waals surface area contributed by atoms with Crippen molar-refractivity contribution in [3.05, 3.63) is 119 Å². The summed E-state index contributed by atoms with van der Waals surface area (Å²) >= 11 is 0. The zero-order valence-corrected chi connectivity index (χ0v) is 30.2. The number of ether oxygens (including phenoxy) is 1. The largest absolute Gasteiger partial charge is 0.481 e. The number of methoxy groups -OCH3 is 1. The molecular weight excluding hydrogens is 633 g/mol. The molecule has 8 heteroatoms. The van der Waals surface area contributed by atoms with E-state index in [2.05, 4.69) is 99.3 Å². The number of furan rings is 1. The number of esters is 1. The van der Waals surface area contributed by atoms with Crippen molar-refractivity contribution in [2.24, 2.45) is 5.92 Å². The Hall–Kier alpha value is -4.53. The fourth-order valence-electron chi connectivity index (χ4n) is 5.96. The highest BCUT2D eigenvalue weighted by Crippen LogP contribution is 2.42. The maximum atomic E-state index is 13.4. The summed E-state index contributed by atoms with van der Waals surface area (Å²) in [7, 11) is -0.986. The minimum atomic E-state index is -2.22. The molecule has 0 saturated heterocycles. The van der Waals surface area contributed by atoms with Crippen LogP contribution in [-0.4, -0.2) is 38.3 Å². The molecule has 5 rings (SSSR count). The number of aliphatic carboxylic acids is 1. The Balaban J connectivity index is 1.52. The maximum Gasteiger partial charge on any atom is 0.314 e. The molecular formula is C41H46O7Si. The Morgan fingerprint density at radius 2 is 1.45 bits per heavy atom. The average Bonchev–Trinajstić information content (AvgIpc) is 3.44. The third kappa shape index (κ3) is 8.38. The number of benzene rings is 4. The van der Waals surface area contributed by atoms with Crippen LogP contribution in [0.4, 0.5) is 0 Å². The van der Waals surface area contributed by atoms with Crippen molar-refractivity contribution in [1.82, 2.24) is 0 Å². The van der Waals surface area contributed by atoms with E-state index in [1.807, 2.05) is 12.1 Å². The molecule has 7 nitrogen and oxygen atoms in total. The fourth-order valence-corrected chi connectivity index (χ4v) is 7.25. The van der Waals surface area contributed by atoms with Crippen LogP contribution in [0.3, 0.4) is 0 Å². The van der Waals surface area contributed by atoms with Crippen LogP contribution in [0.5, 0.6) is 0 Å². The molecule has 4 aromatic carbocycles. The highest BCUT2D eigenvalue weighted by molar-refractivity contribution is 6.74. The molecule has 0 aliphatic rings. The number of carbonyl (C=O) groups excluding carboxylic acids is 2. The molecule has 0 amide bonds. The van der Waals surface area contributed by atoms with Crippen molar-refractivity contribution in [2.45, 2.75) is 77.1 Å². The van der Waals surface area contributed by atoms with Gasteiger partial charge in [-0.1, -0.05) is 81.4 Å². The number of carbonyl (C=O) groups is 3. The van der Waals surface area contributed by atoms with Gasteiger partial charge in [-0.25, -0.2) is 0 Å². The Morgan fingerprint density at radius 3 is 2.10 bits per heavy atom. The Labute approximate surface area is 289 Å². The van der Waals surface area contributed by atoms with Gasteiger partial charge in [-0.3, -0.25) is 14.4 Å². The molecule has 1 N–H and O–H groups in total. The molecule has 49 heavy (non-hydrogen) atoms. The van der Waals surface area contributed by atoms with Gasteiger partial charge in [0.15, 0.2) is 14.1 Å². The lowest BCUT2D eigenvalue weighted by molar-refractivity contribution is -0.142. The quantitative estimate of drug-likeness (QED) is 0.0540. The first kappa shape index (κ1) is 35.8. The summed E-state index contributed by atoms with van der Waals surface area (Å²) in [6.45, 7) is 11.3. The molecule has 2 atom stereocenters. The van der Waals surface area contributed by atoms with E-state index in [-0.39, 0.29) is 29.5 Å². The van der Waals surface area contributed by atoms with Gasteiger partial charge in [-0.2, -0.15) is 0 Å². The first-order valence-electron chi connectivity index (χ1n) is 16.9. The summed E-state index contributed by atoms with van der Waals surface area (Å²) in [5.74, 6) is -3.76. The monoisotopic (exact) mass is 678 g/mol. The topological polar surface area (TPSA) is 103 Å². The van der Waals surface area contributed by atoms with Gasteiger partial charge in [0.2, 0.25) is 0 Å². The number of aryl methyl sites for hydroxylation is 2. The Kier molecular flexibility index (Phi) is 10.9. The smallest absolute Gasteiger partial charge is 0.314 e. The molecule has 0 fully saturated rings. The van der Waals surface area contributed by atoms with Crippen LogP contribution in [-0.2, 0) is 38.0 Å². The van der Waals surface area contributed by atoms with Crippen LogP contribution in [0, 0.1) is 5.92 Å². The second-order valence-electron chi connectivity index (χ2n) is 14.3. The highest BCUT2D eigenvalue weighted by Gasteiger charge is 2.39. The van der Waals surface area contributed by atoms with Crippen LogP contribution >= 0.6 is 0 Å². The van der Waals surface area contributed by atoms with Crippen molar-refractivity contribution in [3.8, 4) is 0 Å². The molecule has 1 aromatic heterocycles. The van der Waals surface area contributed by atoms with Crippen molar-refractivity contribution >= 4 is 48.0 Å². The summed E-state index contributed by atoms with van der Waals surface area (Å²) in [4.78, 5) is 37.1. The van der Waals surface area contributed by atoms with Gasteiger partial charge in [-0.05, 0) is 90.0 Å². The van der Waals surface area contributed by atoms with E-state index in [9.17, 15) is 19.5 Å². The van der Waals surface area contributed by atoms with Gasteiger partial charge in [-0.15, -0.1) is 0 Å². The molecule has 5 aromatic rings. The number of Topliss-reactive ketones (excluding diaryl/α,β-unsaturated/α-hetero) is 1. The SMILES string of the molecule is COC(=O)CCC(C(=O)O)C(=O)c1ccc2oc3ccc(C(Cc4ccccc4CCc4ccccc4)O[Si](C)(C)C(C)(C)C)cc3c2c1. The second kappa shape index (κ2) is 14.9. The Bertz CT molecular complexity index is 1950. The Morgan fingerprint density at radius 1 is 0.816 bits per heavy atom. The van der Waals surface area contributed by atoms with Crippen LogP contribution in [0.15, 0.2) is 95.4 Å². The standard InChI is InChI=1S/C41H46O7Si/c1-41(2,3)49(5,6)48-37(26-29-15-11-10-14-28(29)17-16-27-12-8-7-9-13-27)30-18-21-35-33(24-30)34-25-31(19-22-36(34)47-35)39(43)32(40(44)45)20-23-38(42)46-4/h7-15,18-19,21-22,24-25,32,37H,16-17,20,23,26H2,1-6H3,(H,44,45). The van der Waals surface area contributed by atoms with Crippen LogP contribution in [0.2, 0.25) is 18.1 Å². The predicted molar refractivity (Wildman–Crippen MR) is 195 cm³/mol. The maximum absolute atomic E-state index is 13.4. The van der Waals surface area contributed by atoms with E-state index in [1.165, 1.54) is 23.8 Å². The van der Waals surface area contributed by atoms with E-state index in [0.29, 0.717) is 23.0 Å². The molecule has 0 spiro atoms. The van der Waals surface area contributed by atoms with Crippen LogP contribution < -0.4 is 0 Å². The molecule has 1 heterocycles. The van der Waals surface area contributed by atoms with Gasteiger partial charge in [0.1, 0.15) is 17.1 Å². The van der Waals surface area contributed by atoms with Gasteiger partial charge in [0.05, 0.1) is 13.2 Å². The summed E-state index contributed by atoms with van der Waals surface area (Å²) in [6, 6.07) is 30.2. The lowest BCUT2D eigenvalue weighted by atomic mass is 9.92. The van der Waals surface area contributed by atoms with Crippen LogP contribution in [0.25, 0.3) is 21.9 Å². The molecule has 0 aliphatic carbocycles. The fraction of sp³-hybridized carbons (Fsp3) is 0.341. The van der Waals surface area contributed by atoms with E-state index in [4.69, 9.17) is 8.84 Å². The third-order valence-corrected chi connectivity index (χ3v) is 14.4. The molecule has 0 aliphatic heterocycles. The van der Waals surface area contributed by atoms with Gasteiger partial charge < -0.3 is 18.7 Å². The normalized spacial score (nSPS) is 13.3. The molecule has 0 bridgehead atoms. The second-order valence-corrected chi connectivity index (χ2v) is 19.0. The van der Waals surface area contributed by atoms with Gasteiger partial charge >= 0.3 is 11.9 Å². The number of carboxylic acids is 1. The first-order chi connectivity index (χ1) is 23.3. The minimum absolute atomic E-state index is 0.00563. The van der Waals surface area contributed by atoms with Gasteiger partial charge in [0.25, 0.3) is 0 Å². The zero-order valence-electron chi connectivity index (χ0n) is 29.2. The van der Waals surface area contributed by atoms with Crippen molar-refractivity contribution in [2.75, 3.05) is 7.11 Å². The lowest BCUT2D eigenvalue weighted by Gasteiger charge is -2.39. The molecule has 256 valence electrons. The van der Waals surface area contributed by atoms with Crippen molar-refractivity contribution < 1.29 is 33.1 Å². The highest BCUT2D eigenvalue weighted by atomic mass is 28.4. The summed E-state index contributed by atoms with van der Waals surface area (Å²) in [5.41, 5.74) is 6.37. The van der Waals surface area contributed by atoms with E-state index in [1.54, 1.807) is 18.2 Å². The van der Waals surface area contributed by atoms with E-state index in [0.717, 1.165) is 23.8 Å². The van der Waals surface area contributed by atoms with Crippen molar-refractivity contribution in [1.29, 1.82) is 0 Å². The van der Waals surface area contributed by atoms with Gasteiger partial charge in [0, 0.05) is 29.2 Å². The number of hydrogen-bond acceptors (Lipinski definition) is 6. The number of ketones is 1.